The van der Waals surface area contributed by atoms with E-state index in [9.17, 15) is 9.18 Å². The molecule has 0 amide bonds. The number of hydrogen-bond acceptors (Lipinski definition) is 10. The highest BCUT2D eigenvalue weighted by Gasteiger charge is 2.24. The third-order valence-corrected chi connectivity index (χ3v) is 4.88. The minimum atomic E-state index is -0.833. The number of methoxy groups -OCH3 is 1. The number of nitrogens with two attached hydrogens (primary N) is 1. The molecule has 0 aliphatic rings. The van der Waals surface area contributed by atoms with Crippen LogP contribution in [0.25, 0.3) is 5.95 Å². The molecule has 15 heteroatoms. The van der Waals surface area contributed by atoms with Gasteiger partial charge in [0, 0.05) is 25.0 Å². The predicted octanol–water partition coefficient (Wildman–Crippen LogP) is 2.55. The van der Waals surface area contributed by atoms with E-state index in [-0.39, 0.29) is 29.9 Å². The Morgan fingerprint density at radius 3 is 2.49 bits per heavy atom. The van der Waals surface area contributed by atoms with Gasteiger partial charge in [0.2, 0.25) is 0 Å². The van der Waals surface area contributed by atoms with Gasteiger partial charge in [-0.15, -0.1) is 9.78 Å². The number of nitrogens with one attached hydrogen (secondary N) is 3. The molecule has 41 heavy (non-hydrogen) atoms. The van der Waals surface area contributed by atoms with Crippen LogP contribution in [0.5, 0.6) is 11.5 Å². The van der Waals surface area contributed by atoms with Crippen molar-refractivity contribution in [3.05, 3.63) is 88.1 Å². The molecule has 0 spiro atoms. The number of benzene rings is 2. The standard InChI is InChI=1S/C23H20FN7O3.C2H4O2.CH4N2/c1-14-4-6-16(7-5-14)28-19(15-12-17(24)20(34-11-8-25)18(13-15)33-2)21-29-23(32)31(30-21)22-26-9-3-10-27-22;1-2(3)4;2-1-3/h3-7,9-10,12-13,19,28H,11H2,1-2H3,(H,29,30,32);1H3,(H,3,4);1H,(H3,2,3). The molecule has 2 heterocycles. The lowest BCUT2D eigenvalue weighted by Gasteiger charge is -2.20. The van der Waals surface area contributed by atoms with Crippen molar-refractivity contribution < 1.29 is 23.8 Å². The van der Waals surface area contributed by atoms with Crippen LogP contribution in [0.3, 0.4) is 0 Å². The van der Waals surface area contributed by atoms with Gasteiger partial charge in [-0.05, 0) is 42.8 Å². The summed E-state index contributed by atoms with van der Waals surface area (Å²) in [5.74, 6) is -1.36. The highest BCUT2D eigenvalue weighted by atomic mass is 19.1. The average Bonchev–Trinajstić information content (AvgIpc) is 3.33. The number of carboxylic acids is 1. The van der Waals surface area contributed by atoms with Crippen LogP contribution in [0, 0.1) is 29.5 Å². The first kappa shape index (κ1) is 31.4. The Hall–Kier alpha value is -5.78. The molecule has 14 nitrogen and oxygen atoms in total. The van der Waals surface area contributed by atoms with E-state index in [1.165, 1.54) is 25.6 Å². The summed E-state index contributed by atoms with van der Waals surface area (Å²) in [6.45, 7) is 2.70. The zero-order valence-corrected chi connectivity index (χ0v) is 22.3. The highest BCUT2D eigenvalue weighted by molar-refractivity contribution is 5.63. The van der Waals surface area contributed by atoms with E-state index in [1.54, 1.807) is 18.2 Å². The van der Waals surface area contributed by atoms with Crippen molar-refractivity contribution in [3.8, 4) is 23.5 Å². The second-order valence-electron chi connectivity index (χ2n) is 7.89. The number of aromatic amines is 1. The van der Waals surface area contributed by atoms with Gasteiger partial charge in [0.05, 0.1) is 13.4 Å². The summed E-state index contributed by atoms with van der Waals surface area (Å²) in [5, 5.41) is 29.7. The first-order chi connectivity index (χ1) is 19.6. The molecule has 4 aromatic rings. The number of nitriles is 1. The fraction of sp³-hybridized carbons (Fsp3) is 0.192. The van der Waals surface area contributed by atoms with Crippen molar-refractivity contribution in [1.29, 1.82) is 10.7 Å². The van der Waals surface area contributed by atoms with Crippen LogP contribution < -0.4 is 26.2 Å². The topological polar surface area (TPSA) is 218 Å². The van der Waals surface area contributed by atoms with Gasteiger partial charge in [0.1, 0.15) is 12.1 Å². The number of aryl methyl sites for hydroxylation is 1. The van der Waals surface area contributed by atoms with E-state index in [0.29, 0.717) is 11.3 Å². The zero-order chi connectivity index (χ0) is 30.4. The minimum Gasteiger partial charge on any atom is -0.493 e. The van der Waals surface area contributed by atoms with Crippen molar-refractivity contribution >= 4 is 18.0 Å². The van der Waals surface area contributed by atoms with Crippen LogP contribution in [-0.4, -0.2) is 55.9 Å². The molecule has 2 aromatic carbocycles. The first-order valence-corrected chi connectivity index (χ1v) is 11.7. The van der Waals surface area contributed by atoms with Gasteiger partial charge in [-0.1, -0.05) is 17.7 Å². The fourth-order valence-electron chi connectivity index (χ4n) is 3.28. The first-order valence-electron chi connectivity index (χ1n) is 11.7. The summed E-state index contributed by atoms with van der Waals surface area (Å²) >= 11 is 0. The van der Waals surface area contributed by atoms with Crippen LogP contribution in [-0.2, 0) is 4.79 Å². The summed E-state index contributed by atoms with van der Waals surface area (Å²) < 4.78 is 26.5. The molecule has 0 aliphatic carbocycles. The van der Waals surface area contributed by atoms with Crippen LogP contribution in [0.15, 0.2) is 59.7 Å². The molecular weight excluding hydrogens is 537 g/mol. The van der Waals surface area contributed by atoms with Crippen LogP contribution >= 0.6 is 0 Å². The number of nitrogens with zero attached hydrogens (tertiary/aromatic N) is 5. The van der Waals surface area contributed by atoms with Gasteiger partial charge in [-0.3, -0.25) is 15.2 Å². The monoisotopic (exact) mass is 565 g/mol. The van der Waals surface area contributed by atoms with Crippen molar-refractivity contribution in [2.45, 2.75) is 19.9 Å². The smallest absolute Gasteiger partial charge is 0.350 e. The number of aromatic nitrogens is 5. The predicted molar refractivity (Wildman–Crippen MR) is 147 cm³/mol. The number of anilines is 1. The third-order valence-electron chi connectivity index (χ3n) is 4.88. The molecule has 0 bridgehead atoms. The maximum atomic E-state index is 15.0. The molecule has 0 aliphatic heterocycles. The molecule has 2 aromatic heterocycles. The van der Waals surface area contributed by atoms with Crippen molar-refractivity contribution in [2.75, 3.05) is 19.0 Å². The second-order valence-corrected chi connectivity index (χ2v) is 7.89. The Balaban J connectivity index is 0.000000759. The normalized spacial score (nSPS) is 10.4. The van der Waals surface area contributed by atoms with E-state index in [0.717, 1.165) is 23.5 Å². The fourth-order valence-corrected chi connectivity index (χ4v) is 3.28. The van der Waals surface area contributed by atoms with E-state index < -0.39 is 23.5 Å². The number of halogens is 1. The van der Waals surface area contributed by atoms with E-state index >= 15 is 0 Å². The third kappa shape index (κ3) is 9.18. The highest BCUT2D eigenvalue weighted by Crippen LogP contribution is 2.36. The van der Waals surface area contributed by atoms with Crippen molar-refractivity contribution in [1.82, 2.24) is 24.7 Å². The van der Waals surface area contributed by atoms with Crippen LogP contribution in [0.1, 0.15) is 29.9 Å². The number of hydrogen-bond donors (Lipinski definition) is 5. The van der Waals surface area contributed by atoms with E-state index in [1.807, 2.05) is 31.2 Å². The largest absolute Gasteiger partial charge is 0.493 e. The zero-order valence-electron chi connectivity index (χ0n) is 22.3. The molecule has 0 saturated heterocycles. The van der Waals surface area contributed by atoms with E-state index in [4.69, 9.17) is 30.0 Å². The number of H-pyrrole nitrogens is 1. The summed E-state index contributed by atoms with van der Waals surface area (Å²) in [6, 6.07) is 13.0. The van der Waals surface area contributed by atoms with Gasteiger partial charge in [-0.25, -0.2) is 19.2 Å². The Morgan fingerprint density at radius 2 is 1.93 bits per heavy atom. The Bertz CT molecular complexity index is 1530. The lowest BCUT2D eigenvalue weighted by atomic mass is 10.0. The van der Waals surface area contributed by atoms with Gasteiger partial charge in [0.15, 0.2) is 29.7 Å². The number of aliphatic carboxylic acids is 1. The summed E-state index contributed by atoms with van der Waals surface area (Å²) in [6.07, 6.45) is 3.73. The molecule has 0 saturated carbocycles. The molecule has 214 valence electrons. The van der Waals surface area contributed by atoms with Crippen molar-refractivity contribution in [2.24, 2.45) is 5.73 Å². The van der Waals surface area contributed by atoms with Gasteiger partial charge >= 0.3 is 5.69 Å². The Kier molecular flexibility index (Phi) is 12.0. The Morgan fingerprint density at radius 1 is 1.32 bits per heavy atom. The molecule has 0 radical (unpaired) electrons. The van der Waals surface area contributed by atoms with Crippen molar-refractivity contribution in [3.63, 3.8) is 0 Å². The summed E-state index contributed by atoms with van der Waals surface area (Å²) in [5.41, 5.74) is 6.01. The maximum absolute atomic E-state index is 15.0. The quantitative estimate of drug-likeness (QED) is 0.154. The number of rotatable bonds is 8. The molecule has 0 fully saturated rings. The van der Waals surface area contributed by atoms with Crippen LogP contribution in [0.2, 0.25) is 0 Å². The summed E-state index contributed by atoms with van der Waals surface area (Å²) in [4.78, 5) is 32.4. The minimum absolute atomic E-state index is 0.0908. The number of carbonyl (C=O) groups is 1. The molecule has 1 atom stereocenters. The molecular formula is C26H28FN9O5. The van der Waals surface area contributed by atoms with Crippen LogP contribution in [0.4, 0.5) is 10.1 Å². The van der Waals surface area contributed by atoms with Gasteiger partial charge in [-0.2, -0.15) is 5.26 Å². The SMILES string of the molecule is CC(=O)O.COc1cc(C(Nc2ccc(C)cc2)c2nn(-c3ncccn3)c(=O)[nH]2)cc(F)c1OCC#N.N=CN. The van der Waals surface area contributed by atoms with Gasteiger partial charge < -0.3 is 25.6 Å². The maximum Gasteiger partial charge on any atom is 0.350 e. The second kappa shape index (κ2) is 15.6. The Labute approximate surface area is 233 Å². The van der Waals surface area contributed by atoms with Gasteiger partial charge in [0.25, 0.3) is 11.9 Å². The molecule has 1 unspecified atom stereocenters. The molecule has 6 N–H and O–H groups in total. The average molecular weight is 566 g/mol. The number of ether oxygens (including phenoxy) is 2. The lowest BCUT2D eigenvalue weighted by molar-refractivity contribution is -0.134. The molecule has 4 rings (SSSR count). The summed E-state index contributed by atoms with van der Waals surface area (Å²) in [7, 11) is 1.36. The number of carboxylic acid groups (broad SMARTS) is 1. The van der Waals surface area contributed by atoms with E-state index in [2.05, 4.69) is 31.1 Å². The lowest BCUT2D eigenvalue weighted by Crippen LogP contribution is -2.18.